The molecule has 0 aromatic heterocycles. The molecule has 1 fully saturated rings. The van der Waals surface area contributed by atoms with E-state index in [0.717, 1.165) is 19.4 Å². The van der Waals surface area contributed by atoms with Crippen molar-refractivity contribution in [1.82, 2.24) is 10.2 Å². The Morgan fingerprint density at radius 1 is 1.30 bits per heavy atom. The van der Waals surface area contributed by atoms with Gasteiger partial charge in [0, 0.05) is 20.0 Å². The van der Waals surface area contributed by atoms with E-state index in [0.29, 0.717) is 19.7 Å². The van der Waals surface area contributed by atoms with Gasteiger partial charge in [0.05, 0.1) is 25.5 Å². The summed E-state index contributed by atoms with van der Waals surface area (Å²) in [5, 5.41) is 2.65. The molecule has 1 rings (SSSR count). The van der Waals surface area contributed by atoms with Gasteiger partial charge in [0.2, 0.25) is 5.91 Å². The molecule has 1 atom stereocenters. The van der Waals surface area contributed by atoms with Crippen molar-refractivity contribution in [3.63, 3.8) is 0 Å². The molecule has 0 spiro atoms. The monoisotopic (exact) mass is 284 g/mol. The zero-order valence-electron chi connectivity index (χ0n) is 12.3. The number of Topliss-reactive ketones (excluding diaryl/α,β-unsaturated/α-hetero) is 1. The van der Waals surface area contributed by atoms with E-state index in [9.17, 15) is 14.4 Å². The van der Waals surface area contributed by atoms with E-state index in [-0.39, 0.29) is 36.4 Å². The van der Waals surface area contributed by atoms with E-state index in [1.54, 1.807) is 14.0 Å². The molecule has 1 aliphatic rings. The fourth-order valence-electron chi connectivity index (χ4n) is 2.42. The number of esters is 1. The fraction of sp³-hybridized carbons (Fsp3) is 0.786. The van der Waals surface area contributed by atoms with Gasteiger partial charge in [-0.15, -0.1) is 0 Å². The minimum atomic E-state index is -0.331. The molecule has 1 amide bonds. The predicted octanol–water partition coefficient (Wildman–Crippen LogP) is 0.357. The number of piperidine rings is 1. The molecule has 0 radical (unpaired) electrons. The lowest BCUT2D eigenvalue weighted by Crippen LogP contribution is -2.44. The Morgan fingerprint density at radius 2 is 2.05 bits per heavy atom. The molecule has 1 saturated heterocycles. The van der Waals surface area contributed by atoms with Crippen LogP contribution in [-0.2, 0) is 19.1 Å². The van der Waals surface area contributed by atoms with Crippen LogP contribution in [0.15, 0.2) is 0 Å². The van der Waals surface area contributed by atoms with E-state index in [1.807, 2.05) is 4.90 Å². The first-order valence-corrected chi connectivity index (χ1v) is 7.18. The van der Waals surface area contributed by atoms with Gasteiger partial charge in [0.25, 0.3) is 0 Å². The smallest absolute Gasteiger partial charge is 0.306 e. The maximum absolute atomic E-state index is 11.8. The Labute approximate surface area is 119 Å². The number of nitrogens with one attached hydrogen (secondary N) is 1. The highest BCUT2D eigenvalue weighted by molar-refractivity contribution is 5.84. The molecular formula is C14H24N2O4. The number of carbonyl (C=O) groups is 3. The summed E-state index contributed by atoms with van der Waals surface area (Å²) in [4.78, 5) is 36.6. The van der Waals surface area contributed by atoms with Crippen molar-refractivity contribution in [1.29, 1.82) is 0 Å². The second-order valence-electron chi connectivity index (χ2n) is 5.03. The van der Waals surface area contributed by atoms with Gasteiger partial charge in [0.1, 0.15) is 5.78 Å². The Hall–Kier alpha value is -1.43. The van der Waals surface area contributed by atoms with Gasteiger partial charge in [-0.3, -0.25) is 19.3 Å². The van der Waals surface area contributed by atoms with E-state index < -0.39 is 0 Å². The van der Waals surface area contributed by atoms with Crippen LogP contribution in [0.4, 0.5) is 0 Å². The van der Waals surface area contributed by atoms with Gasteiger partial charge < -0.3 is 10.1 Å². The summed E-state index contributed by atoms with van der Waals surface area (Å²) < 4.78 is 4.79. The van der Waals surface area contributed by atoms with Crippen molar-refractivity contribution in [2.45, 2.75) is 32.6 Å². The molecule has 0 aromatic rings. The number of rotatable bonds is 7. The number of ether oxygens (including phenoxy) is 1. The number of amides is 1. The molecule has 114 valence electrons. The largest absolute Gasteiger partial charge is 0.466 e. The number of hydrogen-bond acceptors (Lipinski definition) is 5. The highest BCUT2D eigenvalue weighted by Crippen LogP contribution is 2.16. The second kappa shape index (κ2) is 8.68. The van der Waals surface area contributed by atoms with Crippen LogP contribution in [-0.4, -0.2) is 55.8 Å². The van der Waals surface area contributed by atoms with Crippen molar-refractivity contribution in [3.05, 3.63) is 0 Å². The Balaban J connectivity index is 2.30. The molecule has 0 saturated carbocycles. The molecule has 1 N–H and O–H groups in total. The van der Waals surface area contributed by atoms with Crippen LogP contribution in [0.3, 0.4) is 0 Å². The maximum atomic E-state index is 11.8. The first-order chi connectivity index (χ1) is 9.56. The zero-order chi connectivity index (χ0) is 15.0. The molecule has 0 aliphatic carbocycles. The minimum Gasteiger partial charge on any atom is -0.466 e. The third kappa shape index (κ3) is 5.69. The van der Waals surface area contributed by atoms with Crippen molar-refractivity contribution < 1.29 is 19.1 Å². The van der Waals surface area contributed by atoms with Crippen LogP contribution in [0.2, 0.25) is 0 Å². The van der Waals surface area contributed by atoms with Crippen LogP contribution < -0.4 is 5.32 Å². The Bertz CT molecular complexity index is 357. The van der Waals surface area contributed by atoms with Gasteiger partial charge >= 0.3 is 5.97 Å². The van der Waals surface area contributed by atoms with E-state index in [4.69, 9.17) is 4.74 Å². The SMILES string of the molecule is CCOC(=O)CCC(=O)CN1CCCC(C(=O)NC)C1. The van der Waals surface area contributed by atoms with Gasteiger partial charge in [-0.05, 0) is 26.3 Å². The van der Waals surface area contributed by atoms with Crippen LogP contribution in [0, 0.1) is 5.92 Å². The average Bonchev–Trinajstić information content (AvgIpc) is 2.45. The van der Waals surface area contributed by atoms with Crippen LogP contribution in [0.1, 0.15) is 32.6 Å². The number of hydrogen-bond donors (Lipinski definition) is 1. The summed E-state index contributed by atoms with van der Waals surface area (Å²) in [6, 6.07) is 0. The van der Waals surface area contributed by atoms with Gasteiger partial charge in [-0.1, -0.05) is 0 Å². The first kappa shape index (κ1) is 16.6. The molecule has 6 nitrogen and oxygen atoms in total. The number of likely N-dealkylation sites (tertiary alicyclic amines) is 1. The van der Waals surface area contributed by atoms with Crippen molar-refractivity contribution in [2.24, 2.45) is 5.92 Å². The summed E-state index contributed by atoms with van der Waals surface area (Å²) in [6.45, 7) is 3.84. The van der Waals surface area contributed by atoms with E-state index in [1.165, 1.54) is 0 Å². The normalized spacial score (nSPS) is 19.4. The lowest BCUT2D eigenvalue weighted by atomic mass is 9.97. The van der Waals surface area contributed by atoms with Crippen LogP contribution in [0.25, 0.3) is 0 Å². The lowest BCUT2D eigenvalue weighted by Gasteiger charge is -2.31. The topological polar surface area (TPSA) is 75.7 Å². The highest BCUT2D eigenvalue weighted by Gasteiger charge is 2.26. The van der Waals surface area contributed by atoms with Gasteiger partial charge in [0.15, 0.2) is 0 Å². The quantitative estimate of drug-likeness (QED) is 0.683. The molecule has 6 heteroatoms. The highest BCUT2D eigenvalue weighted by atomic mass is 16.5. The van der Waals surface area contributed by atoms with Crippen LogP contribution >= 0.6 is 0 Å². The predicted molar refractivity (Wildman–Crippen MR) is 74.1 cm³/mol. The van der Waals surface area contributed by atoms with Gasteiger partial charge in [-0.2, -0.15) is 0 Å². The molecule has 0 aromatic carbocycles. The average molecular weight is 284 g/mol. The molecule has 1 aliphatic heterocycles. The standard InChI is InChI=1S/C14H24N2O4/c1-3-20-13(18)7-6-12(17)10-16-8-4-5-11(9-16)14(19)15-2/h11H,3-10H2,1-2H3,(H,15,19). The number of ketones is 1. The number of carbonyl (C=O) groups excluding carboxylic acids is 3. The van der Waals surface area contributed by atoms with Crippen molar-refractivity contribution >= 4 is 17.7 Å². The van der Waals surface area contributed by atoms with E-state index in [2.05, 4.69) is 5.32 Å². The summed E-state index contributed by atoms with van der Waals surface area (Å²) >= 11 is 0. The van der Waals surface area contributed by atoms with Crippen LogP contribution in [0.5, 0.6) is 0 Å². The third-order valence-corrected chi connectivity index (χ3v) is 3.44. The zero-order valence-corrected chi connectivity index (χ0v) is 12.3. The van der Waals surface area contributed by atoms with E-state index >= 15 is 0 Å². The molecular weight excluding hydrogens is 260 g/mol. The first-order valence-electron chi connectivity index (χ1n) is 7.18. The second-order valence-corrected chi connectivity index (χ2v) is 5.03. The lowest BCUT2D eigenvalue weighted by molar-refractivity contribution is -0.144. The molecule has 20 heavy (non-hydrogen) atoms. The van der Waals surface area contributed by atoms with Crippen molar-refractivity contribution in [2.75, 3.05) is 33.3 Å². The fourth-order valence-corrected chi connectivity index (χ4v) is 2.42. The molecule has 1 heterocycles. The summed E-state index contributed by atoms with van der Waals surface area (Å²) in [5.74, 6) is -0.307. The molecule has 0 bridgehead atoms. The summed E-state index contributed by atoms with van der Waals surface area (Å²) in [5.41, 5.74) is 0. The third-order valence-electron chi connectivity index (χ3n) is 3.44. The molecule has 1 unspecified atom stereocenters. The summed E-state index contributed by atoms with van der Waals surface area (Å²) in [6.07, 6.45) is 2.13. The Kier molecular flexibility index (Phi) is 7.22. The Morgan fingerprint density at radius 3 is 2.70 bits per heavy atom. The van der Waals surface area contributed by atoms with Gasteiger partial charge in [-0.25, -0.2) is 0 Å². The summed E-state index contributed by atoms with van der Waals surface area (Å²) in [7, 11) is 1.63. The minimum absolute atomic E-state index is 0.0237. The van der Waals surface area contributed by atoms with Crippen molar-refractivity contribution in [3.8, 4) is 0 Å². The number of nitrogens with zero attached hydrogens (tertiary/aromatic N) is 1. The maximum Gasteiger partial charge on any atom is 0.306 e.